The first-order chi connectivity index (χ1) is 9.85. The minimum Gasteiger partial charge on any atom is -0.384 e. The van der Waals surface area contributed by atoms with E-state index in [9.17, 15) is 13.2 Å². The van der Waals surface area contributed by atoms with Gasteiger partial charge in [0.2, 0.25) is 15.9 Å². The molecule has 3 N–H and O–H groups in total. The zero-order valence-corrected chi connectivity index (χ0v) is 12.7. The van der Waals surface area contributed by atoms with Crippen LogP contribution in [-0.2, 0) is 14.8 Å². The lowest BCUT2D eigenvalue weighted by atomic mass is 10.2. The Morgan fingerprint density at radius 2 is 1.90 bits per heavy atom. The van der Waals surface area contributed by atoms with Crippen LogP contribution in [-0.4, -0.2) is 38.6 Å². The monoisotopic (exact) mass is 310 g/mol. The topological polar surface area (TPSA) is 95.5 Å². The molecule has 0 aromatic heterocycles. The number of hydrogen-bond acceptors (Lipinski definition) is 4. The van der Waals surface area contributed by atoms with Crippen molar-refractivity contribution in [3.63, 3.8) is 0 Å². The highest BCUT2D eigenvalue weighted by Crippen LogP contribution is 2.09. The second-order valence-corrected chi connectivity index (χ2v) is 6.30. The third-order valence-corrected chi connectivity index (χ3v) is 3.77. The molecule has 0 atom stereocenters. The smallest absolute Gasteiger partial charge is 0.241 e. The first-order valence-electron chi connectivity index (χ1n) is 6.34. The van der Waals surface area contributed by atoms with E-state index in [-0.39, 0.29) is 30.0 Å². The van der Waals surface area contributed by atoms with Gasteiger partial charge in [-0.1, -0.05) is 11.8 Å². The normalized spacial score (nSPS) is 10.9. The van der Waals surface area contributed by atoms with E-state index in [1.165, 1.54) is 24.3 Å². The molecule has 0 heterocycles. The maximum atomic E-state index is 12.0. The van der Waals surface area contributed by atoms with E-state index in [1.54, 1.807) is 13.8 Å². The van der Waals surface area contributed by atoms with Gasteiger partial charge in [0.05, 0.1) is 11.4 Å². The molecule has 0 aliphatic rings. The summed E-state index contributed by atoms with van der Waals surface area (Å²) in [7, 11) is -3.74. The van der Waals surface area contributed by atoms with Crippen LogP contribution in [0.1, 0.15) is 19.4 Å². The van der Waals surface area contributed by atoms with Gasteiger partial charge in [0, 0.05) is 11.6 Å². The second kappa shape index (κ2) is 7.78. The summed E-state index contributed by atoms with van der Waals surface area (Å²) < 4.78 is 26.2. The van der Waals surface area contributed by atoms with E-state index in [4.69, 9.17) is 5.11 Å². The lowest BCUT2D eigenvalue weighted by Gasteiger charge is -2.09. The molecule has 7 heteroatoms. The van der Waals surface area contributed by atoms with Crippen molar-refractivity contribution >= 4 is 15.9 Å². The number of carbonyl (C=O) groups is 1. The standard InChI is InChI=1S/C14H18N2O4S/c1-11(2)16-14(18)10-15-21(19,20)13-7-5-12(6-8-13)4-3-9-17/h5-8,11,15,17H,9-10H2,1-2H3,(H,16,18). The van der Waals surface area contributed by atoms with Crippen LogP contribution in [0.25, 0.3) is 0 Å². The van der Waals surface area contributed by atoms with Crippen LogP contribution >= 0.6 is 0 Å². The summed E-state index contributed by atoms with van der Waals surface area (Å²) in [4.78, 5) is 11.5. The molecular weight excluding hydrogens is 292 g/mol. The Morgan fingerprint density at radius 1 is 1.29 bits per heavy atom. The van der Waals surface area contributed by atoms with Crippen molar-refractivity contribution in [1.29, 1.82) is 0 Å². The Hall–Kier alpha value is -1.88. The van der Waals surface area contributed by atoms with E-state index in [1.807, 2.05) is 0 Å². The van der Waals surface area contributed by atoms with E-state index in [0.717, 1.165) is 0 Å². The van der Waals surface area contributed by atoms with Gasteiger partial charge in [-0.25, -0.2) is 13.1 Å². The Labute approximate surface area is 124 Å². The number of carbonyl (C=O) groups excluding carboxylic acids is 1. The van der Waals surface area contributed by atoms with Crippen LogP contribution in [0.5, 0.6) is 0 Å². The molecule has 1 aromatic carbocycles. The van der Waals surface area contributed by atoms with Crippen LogP contribution in [0.4, 0.5) is 0 Å². The van der Waals surface area contributed by atoms with Crippen LogP contribution in [0.15, 0.2) is 29.2 Å². The minimum atomic E-state index is -3.74. The number of aliphatic hydroxyl groups excluding tert-OH is 1. The molecule has 0 saturated carbocycles. The van der Waals surface area contributed by atoms with Crippen molar-refractivity contribution in [2.75, 3.05) is 13.2 Å². The zero-order chi connectivity index (χ0) is 15.9. The molecule has 0 saturated heterocycles. The number of rotatable bonds is 5. The van der Waals surface area contributed by atoms with Gasteiger partial charge in [-0.2, -0.15) is 0 Å². The summed E-state index contributed by atoms with van der Waals surface area (Å²) in [5.74, 6) is 4.74. The number of aliphatic hydroxyl groups is 1. The summed E-state index contributed by atoms with van der Waals surface area (Å²) in [5.41, 5.74) is 0.598. The van der Waals surface area contributed by atoms with Gasteiger partial charge in [0.1, 0.15) is 6.61 Å². The number of hydrogen-bond donors (Lipinski definition) is 3. The van der Waals surface area contributed by atoms with Crippen molar-refractivity contribution in [3.8, 4) is 11.8 Å². The highest BCUT2D eigenvalue weighted by Gasteiger charge is 2.15. The molecule has 1 amide bonds. The molecule has 0 spiro atoms. The zero-order valence-electron chi connectivity index (χ0n) is 11.9. The number of sulfonamides is 1. The van der Waals surface area contributed by atoms with Gasteiger partial charge in [0.15, 0.2) is 0 Å². The molecule has 114 valence electrons. The SMILES string of the molecule is CC(C)NC(=O)CNS(=O)(=O)c1ccc(C#CCO)cc1. The third kappa shape index (κ3) is 5.95. The first kappa shape index (κ1) is 17.2. The summed E-state index contributed by atoms with van der Waals surface area (Å²) in [5, 5.41) is 11.2. The van der Waals surface area contributed by atoms with Crippen LogP contribution in [0.3, 0.4) is 0 Å². The summed E-state index contributed by atoms with van der Waals surface area (Å²) in [6, 6.07) is 5.80. The van der Waals surface area contributed by atoms with Gasteiger partial charge in [-0.15, -0.1) is 0 Å². The van der Waals surface area contributed by atoms with E-state index < -0.39 is 10.0 Å². The maximum Gasteiger partial charge on any atom is 0.241 e. The predicted molar refractivity (Wildman–Crippen MR) is 78.9 cm³/mol. The van der Waals surface area contributed by atoms with Crippen LogP contribution in [0, 0.1) is 11.8 Å². The Morgan fingerprint density at radius 3 is 2.43 bits per heavy atom. The van der Waals surface area contributed by atoms with Crippen molar-refractivity contribution in [1.82, 2.24) is 10.0 Å². The number of benzene rings is 1. The molecule has 0 aliphatic heterocycles. The van der Waals surface area contributed by atoms with Gasteiger partial charge >= 0.3 is 0 Å². The molecule has 0 bridgehead atoms. The number of nitrogens with one attached hydrogen (secondary N) is 2. The quantitative estimate of drug-likeness (QED) is 0.658. The van der Waals surface area contributed by atoms with Gasteiger partial charge in [-0.05, 0) is 38.1 Å². The van der Waals surface area contributed by atoms with Gasteiger partial charge in [0.25, 0.3) is 0 Å². The Bertz CT molecular complexity index is 640. The highest BCUT2D eigenvalue weighted by atomic mass is 32.2. The highest BCUT2D eigenvalue weighted by molar-refractivity contribution is 7.89. The predicted octanol–water partition coefficient (Wildman–Crippen LogP) is -0.167. The molecule has 6 nitrogen and oxygen atoms in total. The Balaban J connectivity index is 2.72. The largest absolute Gasteiger partial charge is 0.384 e. The van der Waals surface area contributed by atoms with Gasteiger partial charge < -0.3 is 10.4 Å². The molecule has 1 aromatic rings. The molecule has 0 radical (unpaired) electrons. The number of amides is 1. The minimum absolute atomic E-state index is 0.0496. The molecule has 0 aliphatic carbocycles. The molecule has 0 fully saturated rings. The fourth-order valence-electron chi connectivity index (χ4n) is 1.48. The van der Waals surface area contributed by atoms with Crippen molar-refractivity contribution in [2.45, 2.75) is 24.8 Å². The van der Waals surface area contributed by atoms with E-state index >= 15 is 0 Å². The lowest BCUT2D eigenvalue weighted by Crippen LogP contribution is -2.39. The average Bonchev–Trinajstić information content (AvgIpc) is 2.43. The Kier molecular flexibility index (Phi) is 6.37. The van der Waals surface area contributed by atoms with E-state index in [0.29, 0.717) is 5.56 Å². The lowest BCUT2D eigenvalue weighted by molar-refractivity contribution is -0.120. The van der Waals surface area contributed by atoms with Gasteiger partial charge in [-0.3, -0.25) is 4.79 Å². The summed E-state index contributed by atoms with van der Waals surface area (Å²) in [6.45, 7) is 3.01. The second-order valence-electron chi connectivity index (χ2n) is 4.53. The first-order valence-corrected chi connectivity index (χ1v) is 7.82. The molecule has 0 unspecified atom stereocenters. The summed E-state index contributed by atoms with van der Waals surface area (Å²) >= 11 is 0. The molecule has 21 heavy (non-hydrogen) atoms. The molecule has 1 rings (SSSR count). The fourth-order valence-corrected chi connectivity index (χ4v) is 2.46. The maximum absolute atomic E-state index is 12.0. The van der Waals surface area contributed by atoms with Crippen molar-refractivity contribution in [3.05, 3.63) is 29.8 Å². The average molecular weight is 310 g/mol. The van der Waals surface area contributed by atoms with Crippen molar-refractivity contribution < 1.29 is 18.3 Å². The molecular formula is C14H18N2O4S. The summed E-state index contributed by atoms with van der Waals surface area (Å²) in [6.07, 6.45) is 0. The van der Waals surface area contributed by atoms with Crippen LogP contribution in [0.2, 0.25) is 0 Å². The van der Waals surface area contributed by atoms with E-state index in [2.05, 4.69) is 21.9 Å². The van der Waals surface area contributed by atoms with Crippen LogP contribution < -0.4 is 10.0 Å². The third-order valence-electron chi connectivity index (χ3n) is 2.35. The fraction of sp³-hybridized carbons (Fsp3) is 0.357. The van der Waals surface area contributed by atoms with Crippen molar-refractivity contribution in [2.24, 2.45) is 0 Å².